The Morgan fingerprint density at radius 3 is 2.38 bits per heavy atom. The lowest BCUT2D eigenvalue weighted by molar-refractivity contribution is 0.0167. The predicted octanol–water partition coefficient (Wildman–Crippen LogP) is 5.70. The van der Waals surface area contributed by atoms with Crippen molar-refractivity contribution in [2.45, 2.75) is 72.1 Å². The summed E-state index contributed by atoms with van der Waals surface area (Å²) < 4.78 is 42.5. The molecule has 1 saturated heterocycles. The molecule has 0 radical (unpaired) electrons. The maximum atomic E-state index is 15.4. The summed E-state index contributed by atoms with van der Waals surface area (Å²) in [7, 11) is 0. The molecular formula is C38H43F2N7O6. The van der Waals surface area contributed by atoms with Gasteiger partial charge in [0.15, 0.2) is 0 Å². The molecule has 0 unspecified atom stereocenters. The number of nitrogens with zero attached hydrogens (tertiary/aromatic N) is 6. The number of aromatic nitrogens is 4. The predicted molar refractivity (Wildman–Crippen MR) is 193 cm³/mol. The first-order valence-electron chi connectivity index (χ1n) is 17.6. The zero-order chi connectivity index (χ0) is 38.0. The third kappa shape index (κ3) is 8.62. The fraction of sp³-hybridized carbons (Fsp3) is 0.421. The van der Waals surface area contributed by atoms with E-state index in [0.717, 1.165) is 66.2 Å². The fourth-order valence-corrected chi connectivity index (χ4v) is 6.49. The number of likely N-dealkylation sites (tertiary alicyclic amines) is 1. The summed E-state index contributed by atoms with van der Waals surface area (Å²) >= 11 is 0. The van der Waals surface area contributed by atoms with E-state index in [-0.39, 0.29) is 23.2 Å². The van der Waals surface area contributed by atoms with Crippen LogP contribution in [0, 0.1) is 17.6 Å². The second-order valence-corrected chi connectivity index (χ2v) is 14.6. The number of nitrogens with one attached hydrogen (secondary N) is 1. The van der Waals surface area contributed by atoms with E-state index in [1.54, 1.807) is 18.7 Å². The number of halogens is 2. The molecule has 0 aliphatic carbocycles. The van der Waals surface area contributed by atoms with E-state index in [0.29, 0.717) is 37.9 Å². The Morgan fingerprint density at radius 1 is 1.00 bits per heavy atom. The minimum atomic E-state index is -0.938. The average Bonchev–Trinajstić information content (AvgIpc) is 3.10. The van der Waals surface area contributed by atoms with Crippen molar-refractivity contribution in [3.05, 3.63) is 104 Å². The van der Waals surface area contributed by atoms with Gasteiger partial charge in [0.05, 0.1) is 17.1 Å². The van der Waals surface area contributed by atoms with Gasteiger partial charge in [-0.2, -0.15) is 0 Å². The molecule has 13 nitrogen and oxygen atoms in total. The Labute approximate surface area is 305 Å². The molecule has 6 rings (SSSR count). The van der Waals surface area contributed by atoms with Crippen molar-refractivity contribution >= 4 is 17.7 Å². The minimum Gasteiger partial charge on any atom is -0.444 e. The van der Waals surface area contributed by atoms with Crippen LogP contribution in [0.5, 0.6) is 11.6 Å². The molecule has 0 spiro atoms. The first kappa shape index (κ1) is 37.3. The molecule has 15 heteroatoms. The molecule has 0 saturated carbocycles. The first-order valence-corrected chi connectivity index (χ1v) is 17.6. The Morgan fingerprint density at radius 2 is 1.72 bits per heavy atom. The lowest BCUT2D eigenvalue weighted by Gasteiger charge is -2.36. The number of amides is 2. The van der Waals surface area contributed by atoms with Crippen molar-refractivity contribution in [2.24, 2.45) is 5.92 Å². The zero-order valence-corrected chi connectivity index (χ0v) is 30.4. The highest BCUT2D eigenvalue weighted by molar-refractivity contribution is 6.04. The summed E-state index contributed by atoms with van der Waals surface area (Å²) in [5.74, 6) is -1.42. The number of benzene rings is 2. The van der Waals surface area contributed by atoms with Gasteiger partial charge in [-0.1, -0.05) is 0 Å². The van der Waals surface area contributed by atoms with Crippen LogP contribution in [0.15, 0.2) is 64.6 Å². The monoisotopic (exact) mass is 731 g/mol. The number of anilines is 1. The van der Waals surface area contributed by atoms with E-state index in [1.165, 1.54) is 35.2 Å². The second-order valence-electron chi connectivity index (χ2n) is 14.6. The number of hydrogen-bond acceptors (Lipinski definition) is 9. The number of fused-ring (bicyclic) bond motifs is 1. The molecule has 2 aliphatic rings. The lowest BCUT2D eigenvalue weighted by atomic mass is 9.95. The van der Waals surface area contributed by atoms with Crippen LogP contribution in [0.4, 0.5) is 19.3 Å². The smallest absolute Gasteiger partial charge is 0.410 e. The standard InChI is InChI=1S/C38H43F2N7O6/c1-23(2)46-20-29(35(49)47(36(46)50)26-8-6-25(39)7-9-26)33(48)43-31-11-10-27(18-30(31)40)52-34-28-14-15-44(21-32(28)41-22-42-34)19-24-12-16-45(17-13-24)37(51)53-38(3,4)5/h6-11,18,20,22-24H,12-17,19,21H2,1-5H3,(H,43,48). The maximum absolute atomic E-state index is 15.4. The van der Waals surface area contributed by atoms with Crippen molar-refractivity contribution in [2.75, 3.05) is 31.5 Å². The summed E-state index contributed by atoms with van der Waals surface area (Å²) in [4.78, 5) is 65.2. The van der Waals surface area contributed by atoms with Gasteiger partial charge in [0.25, 0.3) is 11.5 Å². The molecule has 1 fully saturated rings. The maximum Gasteiger partial charge on any atom is 0.410 e. The van der Waals surface area contributed by atoms with Gasteiger partial charge in [-0.3, -0.25) is 19.1 Å². The number of carbonyl (C=O) groups excluding carboxylic acids is 2. The normalized spacial score (nSPS) is 15.3. The molecule has 1 N–H and O–H groups in total. The van der Waals surface area contributed by atoms with Crippen molar-refractivity contribution in [1.82, 2.24) is 28.9 Å². The van der Waals surface area contributed by atoms with Gasteiger partial charge >= 0.3 is 11.8 Å². The van der Waals surface area contributed by atoms with Crippen LogP contribution in [-0.4, -0.2) is 72.7 Å². The highest BCUT2D eigenvalue weighted by Crippen LogP contribution is 2.31. The molecule has 53 heavy (non-hydrogen) atoms. The average molecular weight is 732 g/mol. The van der Waals surface area contributed by atoms with Crippen molar-refractivity contribution in [3.63, 3.8) is 0 Å². The van der Waals surface area contributed by atoms with E-state index < -0.39 is 46.0 Å². The molecule has 0 bridgehead atoms. The van der Waals surface area contributed by atoms with E-state index in [2.05, 4.69) is 20.2 Å². The topological polar surface area (TPSA) is 141 Å². The van der Waals surface area contributed by atoms with Gasteiger partial charge in [0, 0.05) is 56.6 Å². The number of carbonyl (C=O) groups is 2. The SMILES string of the molecule is CC(C)n1cc(C(=O)Nc2ccc(Oc3ncnc4c3CCN(CC3CCN(C(=O)OC(C)(C)C)CC3)C4)cc2F)c(=O)n(-c2ccc(F)cc2)c1=O. The largest absolute Gasteiger partial charge is 0.444 e. The molecule has 0 atom stereocenters. The summed E-state index contributed by atoms with van der Waals surface area (Å²) in [5.41, 5.74) is -1.06. The molecule has 4 heterocycles. The van der Waals surface area contributed by atoms with E-state index in [4.69, 9.17) is 9.47 Å². The molecule has 2 amide bonds. The molecule has 2 aromatic carbocycles. The molecule has 4 aromatic rings. The summed E-state index contributed by atoms with van der Waals surface area (Å²) in [6.45, 7) is 12.5. The Kier molecular flexibility index (Phi) is 10.8. The van der Waals surface area contributed by atoms with Crippen LogP contribution in [0.1, 0.15) is 75.1 Å². The van der Waals surface area contributed by atoms with Crippen LogP contribution in [-0.2, 0) is 17.7 Å². The van der Waals surface area contributed by atoms with Gasteiger partial charge in [0.2, 0.25) is 5.88 Å². The number of ether oxygens (including phenoxy) is 2. The molecule has 2 aliphatic heterocycles. The zero-order valence-electron chi connectivity index (χ0n) is 30.4. The van der Waals surface area contributed by atoms with E-state index in [1.807, 2.05) is 20.8 Å². The molecule has 280 valence electrons. The van der Waals surface area contributed by atoms with Crippen molar-refractivity contribution in [1.29, 1.82) is 0 Å². The first-order chi connectivity index (χ1) is 25.2. The Bertz CT molecular complexity index is 2120. The second kappa shape index (κ2) is 15.3. The Hall–Kier alpha value is -5.44. The third-order valence-corrected chi connectivity index (χ3v) is 9.23. The number of hydrogen-bond donors (Lipinski definition) is 1. The van der Waals surface area contributed by atoms with Crippen molar-refractivity contribution < 1.29 is 27.8 Å². The highest BCUT2D eigenvalue weighted by Gasteiger charge is 2.30. The van der Waals surface area contributed by atoms with E-state index >= 15 is 4.39 Å². The summed E-state index contributed by atoms with van der Waals surface area (Å²) in [5, 5.41) is 2.42. The third-order valence-electron chi connectivity index (χ3n) is 9.23. The van der Waals surface area contributed by atoms with Crippen LogP contribution in [0.3, 0.4) is 0 Å². The highest BCUT2D eigenvalue weighted by atomic mass is 19.1. The van der Waals surface area contributed by atoms with Gasteiger partial charge in [-0.15, -0.1) is 0 Å². The fourth-order valence-electron chi connectivity index (χ4n) is 6.49. The minimum absolute atomic E-state index is 0.0789. The van der Waals surface area contributed by atoms with Crippen LogP contribution < -0.4 is 21.3 Å². The van der Waals surface area contributed by atoms with Crippen molar-refractivity contribution in [3.8, 4) is 17.3 Å². The summed E-state index contributed by atoms with van der Waals surface area (Å²) in [6, 6.07) is 8.17. The van der Waals surface area contributed by atoms with Crippen LogP contribution in [0.25, 0.3) is 5.69 Å². The number of rotatable bonds is 8. The number of piperidine rings is 1. The van der Waals surface area contributed by atoms with Gasteiger partial charge < -0.3 is 19.7 Å². The quantitative estimate of drug-likeness (QED) is 0.242. The van der Waals surface area contributed by atoms with Crippen LogP contribution in [0.2, 0.25) is 0 Å². The van der Waals surface area contributed by atoms with Gasteiger partial charge in [-0.25, -0.2) is 32.9 Å². The van der Waals surface area contributed by atoms with Gasteiger partial charge in [-0.05, 0) is 96.2 Å². The summed E-state index contributed by atoms with van der Waals surface area (Å²) in [6.07, 6.45) is 4.69. The van der Waals surface area contributed by atoms with Crippen LogP contribution >= 0.6 is 0 Å². The Balaban J connectivity index is 1.11. The van der Waals surface area contributed by atoms with Gasteiger partial charge in [0.1, 0.15) is 34.9 Å². The van der Waals surface area contributed by atoms with E-state index in [9.17, 15) is 23.6 Å². The lowest BCUT2D eigenvalue weighted by Crippen LogP contribution is -2.44. The molecule has 2 aromatic heterocycles. The molecular weight excluding hydrogens is 688 g/mol.